The lowest BCUT2D eigenvalue weighted by Crippen LogP contribution is -2.55. The molecule has 0 N–H and O–H groups in total. The van der Waals surface area contributed by atoms with Crippen LogP contribution >= 0.6 is 23.2 Å². The zero-order valence-electron chi connectivity index (χ0n) is 5.92. The molecule has 0 saturated carbocycles. The summed E-state index contributed by atoms with van der Waals surface area (Å²) < 4.78 is 73.6. The third-order valence-electron chi connectivity index (χ3n) is 1.28. The van der Waals surface area contributed by atoms with Crippen LogP contribution in [0.1, 0.15) is 0 Å². The fourth-order valence-electron chi connectivity index (χ4n) is 0.808. The highest BCUT2D eigenvalue weighted by Gasteiger charge is 2.69. The lowest BCUT2D eigenvalue weighted by molar-refractivity contribution is -0.346. The summed E-state index contributed by atoms with van der Waals surface area (Å²) in [6.45, 7) is 0. The summed E-state index contributed by atoms with van der Waals surface area (Å²) in [4.78, 5) is 0.0912. The second-order valence-corrected chi connectivity index (χ2v) is 3.12. The molecule has 10 heteroatoms. The number of hydrogen-bond acceptors (Lipinski definition) is 2. The smallest absolute Gasteiger partial charge is 0.199 e. The molecule has 0 saturated heterocycles. The highest BCUT2D eigenvalue weighted by Crippen LogP contribution is 2.48. The summed E-state index contributed by atoms with van der Waals surface area (Å²) in [5.74, 6) is 0. The van der Waals surface area contributed by atoms with Crippen LogP contribution in [0.2, 0.25) is 0 Å². The van der Waals surface area contributed by atoms with Crippen LogP contribution in [-0.4, -0.2) is 27.8 Å². The number of hydrogen-bond donors (Lipinski definition) is 0. The lowest BCUT2D eigenvalue weighted by Gasteiger charge is -2.29. The van der Waals surface area contributed by atoms with Crippen LogP contribution in [-0.2, 0) is 0 Å². The molecule has 0 radical (unpaired) electrons. The number of rotatable bonds is 0. The van der Waals surface area contributed by atoms with E-state index in [2.05, 4.69) is 11.6 Å². The molecule has 0 aliphatic carbocycles. The normalized spacial score (nSPS) is 33.3. The summed E-state index contributed by atoms with van der Waals surface area (Å²) in [6.07, 6.45) is -10.5. The molecule has 2 nitrogen and oxygen atoms in total. The standard InChI is InChI=1S/C4Cl2F6N2/c5-1-2(6,7)14(3(8,9)10)4(11,12)13-1. The molecule has 0 spiro atoms. The van der Waals surface area contributed by atoms with Crippen molar-refractivity contribution >= 4 is 28.4 Å². The number of nitrogens with zero attached hydrogens (tertiary/aromatic N) is 2. The van der Waals surface area contributed by atoms with E-state index in [1.54, 1.807) is 0 Å². The Labute approximate surface area is 83.1 Å². The fourth-order valence-corrected chi connectivity index (χ4v) is 1.23. The van der Waals surface area contributed by atoms with Gasteiger partial charge >= 0.3 is 17.7 Å². The Morgan fingerprint density at radius 2 is 1.64 bits per heavy atom. The molecule has 14 heavy (non-hydrogen) atoms. The summed E-state index contributed by atoms with van der Waals surface area (Å²) in [5.41, 5.74) is 0. The van der Waals surface area contributed by atoms with E-state index < -0.39 is 27.8 Å². The first-order valence-corrected chi connectivity index (χ1v) is 3.64. The molecule has 1 aliphatic heterocycles. The topological polar surface area (TPSA) is 15.6 Å². The van der Waals surface area contributed by atoms with Gasteiger partial charge in [-0.25, -0.2) is 0 Å². The predicted octanol–water partition coefficient (Wildman–Crippen LogP) is 2.87. The van der Waals surface area contributed by atoms with Crippen LogP contribution < -0.4 is 0 Å². The van der Waals surface area contributed by atoms with Gasteiger partial charge in [-0.15, -0.1) is 0 Å². The predicted molar refractivity (Wildman–Crippen MR) is 35.8 cm³/mol. The second-order valence-electron chi connectivity index (χ2n) is 2.26. The molecular weight excluding hydrogens is 261 g/mol. The largest absolute Gasteiger partial charge is 0.470 e. The maximum absolute atomic E-state index is 12.9. The van der Waals surface area contributed by atoms with Gasteiger partial charge in [-0.3, -0.25) is 0 Å². The molecule has 1 unspecified atom stereocenters. The summed E-state index contributed by atoms with van der Waals surface area (Å²) in [7, 11) is 0. The van der Waals surface area contributed by atoms with E-state index in [0.29, 0.717) is 0 Å². The van der Waals surface area contributed by atoms with Crippen molar-refractivity contribution in [2.75, 3.05) is 0 Å². The van der Waals surface area contributed by atoms with Crippen LogP contribution in [0.15, 0.2) is 4.99 Å². The molecule has 1 atom stereocenters. The number of halogens is 8. The third kappa shape index (κ3) is 1.66. The van der Waals surface area contributed by atoms with Crippen molar-refractivity contribution < 1.29 is 26.3 Å². The van der Waals surface area contributed by atoms with Gasteiger partial charge in [0.05, 0.1) is 0 Å². The maximum atomic E-state index is 12.9. The van der Waals surface area contributed by atoms with Crippen LogP contribution in [0.5, 0.6) is 0 Å². The minimum Gasteiger partial charge on any atom is -0.199 e. The van der Waals surface area contributed by atoms with Gasteiger partial charge in [-0.05, 0) is 0 Å². The van der Waals surface area contributed by atoms with Gasteiger partial charge in [0.2, 0.25) is 0 Å². The molecule has 1 heterocycles. The minimum atomic E-state index is -5.69. The maximum Gasteiger partial charge on any atom is 0.470 e. The molecule has 0 bridgehead atoms. The Morgan fingerprint density at radius 3 is 1.79 bits per heavy atom. The van der Waals surface area contributed by atoms with E-state index >= 15 is 0 Å². The first kappa shape index (κ1) is 11.9. The molecule has 82 valence electrons. The Bertz CT molecular complexity index is 284. The number of aliphatic imine (C=N–C) groups is 1. The van der Waals surface area contributed by atoms with Crippen LogP contribution in [0.4, 0.5) is 26.3 Å². The molecule has 0 aromatic heterocycles. The summed E-state index contributed by atoms with van der Waals surface area (Å²) in [5, 5.41) is -5.73. The first-order valence-electron chi connectivity index (χ1n) is 2.88. The van der Waals surface area contributed by atoms with E-state index in [1.165, 1.54) is 0 Å². The number of alkyl halides is 7. The Kier molecular flexibility index (Phi) is 2.45. The van der Waals surface area contributed by atoms with Gasteiger partial charge < -0.3 is 0 Å². The lowest BCUT2D eigenvalue weighted by atomic mass is 10.6. The molecule has 0 aromatic carbocycles. The quantitative estimate of drug-likeness (QED) is 0.372. The van der Waals surface area contributed by atoms with E-state index in [4.69, 9.17) is 11.6 Å². The van der Waals surface area contributed by atoms with Gasteiger partial charge in [0.1, 0.15) is 0 Å². The van der Waals surface area contributed by atoms with E-state index in [-0.39, 0.29) is 0 Å². The van der Waals surface area contributed by atoms with Crippen LogP contribution in [0.3, 0.4) is 0 Å². The van der Waals surface area contributed by atoms with Crippen molar-refractivity contribution in [1.82, 2.24) is 4.90 Å². The van der Waals surface area contributed by atoms with Crippen LogP contribution in [0.25, 0.3) is 0 Å². The second kappa shape index (κ2) is 2.89. The van der Waals surface area contributed by atoms with E-state index in [9.17, 15) is 26.3 Å². The highest BCUT2D eigenvalue weighted by molar-refractivity contribution is 6.72. The highest BCUT2D eigenvalue weighted by atomic mass is 35.5. The van der Waals surface area contributed by atoms with Crippen molar-refractivity contribution in [2.24, 2.45) is 4.99 Å². The molecule has 0 aromatic rings. The Balaban J connectivity index is 3.20. The van der Waals surface area contributed by atoms with Gasteiger partial charge in [-0.2, -0.15) is 31.3 Å². The van der Waals surface area contributed by atoms with Crippen LogP contribution in [0, 0.1) is 0 Å². The molecule has 0 fully saturated rings. The molecule has 1 aliphatic rings. The fraction of sp³-hybridized carbons (Fsp3) is 0.750. The van der Waals surface area contributed by atoms with E-state index in [0.717, 1.165) is 0 Å². The first-order chi connectivity index (χ1) is 5.99. The zero-order valence-corrected chi connectivity index (χ0v) is 7.43. The van der Waals surface area contributed by atoms with Gasteiger partial charge in [0.25, 0.3) is 0 Å². The monoisotopic (exact) mass is 260 g/mol. The SMILES string of the molecule is FC(F)(F)N1C(F)(F)N=C(Cl)C1(F)Cl. The van der Waals surface area contributed by atoms with Gasteiger partial charge in [-0.1, -0.05) is 28.1 Å². The average molecular weight is 261 g/mol. The Hall–Kier alpha value is -0.210. The molecule has 0 amide bonds. The van der Waals surface area contributed by atoms with Crippen molar-refractivity contribution in [3.8, 4) is 0 Å². The molecular formula is C4Cl2F6N2. The Morgan fingerprint density at radius 1 is 1.21 bits per heavy atom. The van der Waals surface area contributed by atoms with Crippen molar-refractivity contribution in [3.63, 3.8) is 0 Å². The van der Waals surface area contributed by atoms with E-state index in [1.807, 2.05) is 4.99 Å². The molecule has 1 rings (SSSR count). The van der Waals surface area contributed by atoms with Crippen molar-refractivity contribution in [3.05, 3.63) is 0 Å². The zero-order chi connectivity index (χ0) is 11.4. The van der Waals surface area contributed by atoms with Gasteiger partial charge in [0, 0.05) is 0 Å². The summed E-state index contributed by atoms with van der Waals surface area (Å²) in [6, 6.07) is 0. The minimum absolute atomic E-state index is 1.67. The summed E-state index contributed by atoms with van der Waals surface area (Å²) >= 11 is 9.26. The average Bonchev–Trinajstić information content (AvgIpc) is 1.93. The van der Waals surface area contributed by atoms with Crippen molar-refractivity contribution in [1.29, 1.82) is 0 Å². The third-order valence-corrected chi connectivity index (χ3v) is 2.06. The van der Waals surface area contributed by atoms with Gasteiger partial charge in [0.15, 0.2) is 5.17 Å². The van der Waals surface area contributed by atoms with Crippen molar-refractivity contribution in [2.45, 2.75) is 17.7 Å².